The van der Waals surface area contributed by atoms with Gasteiger partial charge in [0.05, 0.1) is 11.8 Å². The molecule has 0 radical (unpaired) electrons. The molecule has 1 amide bonds. The van der Waals surface area contributed by atoms with Crippen LogP contribution in [0, 0.1) is 0 Å². The van der Waals surface area contributed by atoms with Gasteiger partial charge in [0.15, 0.2) is 11.6 Å². The van der Waals surface area contributed by atoms with E-state index in [4.69, 9.17) is 4.52 Å². The van der Waals surface area contributed by atoms with Crippen molar-refractivity contribution in [3.63, 3.8) is 0 Å². The molecule has 4 aromatic rings. The third-order valence-corrected chi connectivity index (χ3v) is 5.64. The van der Waals surface area contributed by atoms with E-state index in [9.17, 15) is 14.4 Å². The fraction of sp³-hybridized carbons (Fsp3) is 0.111. The number of H-pyrrole nitrogens is 1. The van der Waals surface area contributed by atoms with Crippen LogP contribution in [0.1, 0.15) is 5.56 Å². The highest BCUT2D eigenvalue weighted by atomic mass is 79.9. The molecule has 0 fully saturated rings. The van der Waals surface area contributed by atoms with Gasteiger partial charge < -0.3 is 9.84 Å². The smallest absolute Gasteiger partial charge is 0.329 e. The van der Waals surface area contributed by atoms with Gasteiger partial charge in [-0.05, 0) is 23.1 Å². The first-order chi connectivity index (χ1) is 13.4. The SMILES string of the molecule is Cn1c(=O)[nH]c2scc(CC(=O)Nc3cc(-c4ccc(Br)cc4)on3)c2c1=O. The van der Waals surface area contributed by atoms with Crippen LogP contribution in [-0.4, -0.2) is 20.6 Å². The number of benzene rings is 1. The van der Waals surface area contributed by atoms with Crippen LogP contribution in [0.5, 0.6) is 0 Å². The van der Waals surface area contributed by atoms with Crippen LogP contribution >= 0.6 is 27.3 Å². The van der Waals surface area contributed by atoms with Gasteiger partial charge in [0.2, 0.25) is 5.91 Å². The van der Waals surface area contributed by atoms with Crippen LogP contribution in [0.15, 0.2) is 54.3 Å². The standard InChI is InChI=1S/C18H13BrN4O4S/c1-23-17(25)15-10(8-28-16(15)21-18(23)26)6-14(24)20-13-7-12(27-22-13)9-2-4-11(19)5-3-9/h2-5,7-8H,6H2,1H3,(H,21,26)(H,20,22,24). The number of fused-ring (bicyclic) bond motifs is 1. The number of halogens is 1. The van der Waals surface area contributed by atoms with Crippen LogP contribution in [0.4, 0.5) is 5.82 Å². The average molecular weight is 461 g/mol. The number of anilines is 1. The highest BCUT2D eigenvalue weighted by molar-refractivity contribution is 9.10. The van der Waals surface area contributed by atoms with Crippen molar-refractivity contribution in [2.45, 2.75) is 6.42 Å². The number of nitrogens with one attached hydrogen (secondary N) is 2. The van der Waals surface area contributed by atoms with Crippen molar-refractivity contribution in [2.24, 2.45) is 7.05 Å². The Morgan fingerprint density at radius 1 is 1.32 bits per heavy atom. The van der Waals surface area contributed by atoms with Crippen molar-refractivity contribution in [2.75, 3.05) is 5.32 Å². The number of aromatic nitrogens is 3. The number of rotatable bonds is 4. The molecular formula is C18H13BrN4O4S. The molecule has 0 spiro atoms. The van der Waals surface area contributed by atoms with E-state index in [0.29, 0.717) is 21.5 Å². The first kappa shape index (κ1) is 18.4. The van der Waals surface area contributed by atoms with Gasteiger partial charge in [-0.25, -0.2) is 4.79 Å². The lowest BCUT2D eigenvalue weighted by Crippen LogP contribution is -2.32. The Labute approximate surface area is 169 Å². The minimum atomic E-state index is -0.488. The Hall–Kier alpha value is -2.98. The lowest BCUT2D eigenvalue weighted by molar-refractivity contribution is -0.115. The van der Waals surface area contributed by atoms with Crippen molar-refractivity contribution in [1.82, 2.24) is 14.7 Å². The highest BCUT2D eigenvalue weighted by Crippen LogP contribution is 2.25. The fourth-order valence-corrected chi connectivity index (χ4v) is 3.94. The monoisotopic (exact) mass is 460 g/mol. The molecule has 0 atom stereocenters. The van der Waals surface area contributed by atoms with E-state index in [0.717, 1.165) is 14.6 Å². The van der Waals surface area contributed by atoms with Crippen LogP contribution in [-0.2, 0) is 18.3 Å². The van der Waals surface area contributed by atoms with Gasteiger partial charge in [0.1, 0.15) is 4.83 Å². The third kappa shape index (κ3) is 3.43. The second kappa shape index (κ2) is 7.21. The van der Waals surface area contributed by atoms with Crippen molar-refractivity contribution in [3.8, 4) is 11.3 Å². The summed E-state index contributed by atoms with van der Waals surface area (Å²) in [5.41, 5.74) is 0.457. The molecule has 0 unspecified atom stereocenters. The zero-order valence-electron chi connectivity index (χ0n) is 14.5. The third-order valence-electron chi connectivity index (χ3n) is 4.17. The predicted molar refractivity (Wildman–Crippen MR) is 110 cm³/mol. The topological polar surface area (TPSA) is 110 Å². The second-order valence-corrected chi connectivity index (χ2v) is 7.86. The number of hydrogen-bond donors (Lipinski definition) is 2. The molecule has 2 N–H and O–H groups in total. The van der Waals surface area contributed by atoms with Gasteiger partial charge in [0, 0.05) is 23.2 Å². The number of aromatic amines is 1. The molecule has 3 heterocycles. The van der Waals surface area contributed by atoms with Gasteiger partial charge in [0.25, 0.3) is 5.56 Å². The Morgan fingerprint density at radius 3 is 2.82 bits per heavy atom. The average Bonchev–Trinajstić information content (AvgIpc) is 3.28. The summed E-state index contributed by atoms with van der Waals surface area (Å²) in [5, 5.41) is 8.56. The quantitative estimate of drug-likeness (QED) is 0.486. The van der Waals surface area contributed by atoms with Gasteiger partial charge in [-0.2, -0.15) is 0 Å². The largest absolute Gasteiger partial charge is 0.354 e. The lowest BCUT2D eigenvalue weighted by Gasteiger charge is -2.01. The maximum absolute atomic E-state index is 12.4. The normalized spacial score (nSPS) is 11.1. The summed E-state index contributed by atoms with van der Waals surface area (Å²) >= 11 is 4.58. The summed E-state index contributed by atoms with van der Waals surface area (Å²) in [7, 11) is 1.39. The Kier molecular flexibility index (Phi) is 4.73. The Bertz CT molecular complexity index is 1300. The summed E-state index contributed by atoms with van der Waals surface area (Å²) in [6.07, 6.45) is -0.0260. The van der Waals surface area contributed by atoms with Crippen molar-refractivity contribution in [1.29, 1.82) is 0 Å². The van der Waals surface area contributed by atoms with Crippen molar-refractivity contribution >= 4 is 49.2 Å². The molecule has 142 valence electrons. The number of amides is 1. The van der Waals surface area contributed by atoms with Gasteiger partial charge >= 0.3 is 5.69 Å². The Balaban J connectivity index is 1.53. The summed E-state index contributed by atoms with van der Waals surface area (Å²) in [6, 6.07) is 9.11. The summed E-state index contributed by atoms with van der Waals surface area (Å²) in [4.78, 5) is 39.5. The maximum Gasteiger partial charge on any atom is 0.329 e. The molecule has 8 nitrogen and oxygen atoms in total. The minimum Gasteiger partial charge on any atom is -0.354 e. The maximum atomic E-state index is 12.4. The number of carbonyl (C=O) groups excluding carboxylic acids is 1. The number of nitrogens with zero attached hydrogens (tertiary/aromatic N) is 2. The molecule has 0 saturated heterocycles. The first-order valence-corrected chi connectivity index (χ1v) is 9.81. The van der Waals surface area contributed by atoms with Crippen LogP contribution in [0.25, 0.3) is 21.5 Å². The van der Waals surface area contributed by atoms with E-state index in [-0.39, 0.29) is 18.1 Å². The molecule has 0 bridgehead atoms. The summed E-state index contributed by atoms with van der Waals surface area (Å²) in [6.45, 7) is 0. The van der Waals surface area contributed by atoms with E-state index in [1.807, 2.05) is 24.3 Å². The molecule has 1 aromatic carbocycles. The van der Waals surface area contributed by atoms with Crippen molar-refractivity contribution in [3.05, 3.63) is 66.6 Å². The number of hydrogen-bond acceptors (Lipinski definition) is 6. The van der Waals surface area contributed by atoms with Gasteiger partial charge in [-0.15, -0.1) is 11.3 Å². The molecule has 28 heavy (non-hydrogen) atoms. The molecular weight excluding hydrogens is 448 g/mol. The molecule has 3 aromatic heterocycles. The minimum absolute atomic E-state index is 0.0260. The van der Waals surface area contributed by atoms with Gasteiger partial charge in [-0.3, -0.25) is 19.1 Å². The predicted octanol–water partition coefficient (Wildman–Crippen LogP) is 2.89. The molecule has 0 aliphatic carbocycles. The second-order valence-electron chi connectivity index (χ2n) is 6.07. The lowest BCUT2D eigenvalue weighted by atomic mass is 10.1. The van der Waals surface area contributed by atoms with E-state index >= 15 is 0 Å². The summed E-state index contributed by atoms with van der Waals surface area (Å²) in [5.74, 6) is 0.461. The van der Waals surface area contributed by atoms with E-state index in [1.54, 1.807) is 11.4 Å². The molecule has 4 rings (SSSR count). The Morgan fingerprint density at radius 2 is 2.07 bits per heavy atom. The first-order valence-electron chi connectivity index (χ1n) is 8.14. The molecule has 0 aliphatic rings. The zero-order valence-corrected chi connectivity index (χ0v) is 16.9. The van der Waals surface area contributed by atoms with Gasteiger partial charge in [-0.1, -0.05) is 33.2 Å². The van der Waals surface area contributed by atoms with Crippen LogP contribution in [0.3, 0.4) is 0 Å². The van der Waals surface area contributed by atoms with E-state index in [2.05, 4.69) is 31.4 Å². The van der Waals surface area contributed by atoms with E-state index in [1.165, 1.54) is 18.4 Å². The summed E-state index contributed by atoms with van der Waals surface area (Å²) < 4.78 is 7.20. The molecule has 0 aliphatic heterocycles. The molecule has 10 heteroatoms. The van der Waals surface area contributed by atoms with Crippen molar-refractivity contribution < 1.29 is 9.32 Å². The molecule has 0 saturated carbocycles. The number of thiophene rings is 1. The number of carbonyl (C=O) groups is 1. The fourth-order valence-electron chi connectivity index (χ4n) is 2.74. The van der Waals surface area contributed by atoms with Crippen LogP contribution < -0.4 is 16.6 Å². The highest BCUT2D eigenvalue weighted by Gasteiger charge is 2.16. The van der Waals surface area contributed by atoms with Crippen LogP contribution in [0.2, 0.25) is 0 Å². The van der Waals surface area contributed by atoms with E-state index < -0.39 is 11.2 Å². The zero-order chi connectivity index (χ0) is 19.8.